The summed E-state index contributed by atoms with van der Waals surface area (Å²) in [5, 5.41) is 12.7. The van der Waals surface area contributed by atoms with Crippen LogP contribution < -0.4 is 5.43 Å². The average molecular weight is 308 g/mol. The number of nitrogens with zero attached hydrogens (tertiary/aromatic N) is 1. The number of rotatable bonds is 3. The van der Waals surface area contributed by atoms with Crippen LogP contribution in [0.15, 0.2) is 53.6 Å². The van der Waals surface area contributed by atoms with Gasteiger partial charge in [-0.1, -0.05) is 12.1 Å². The van der Waals surface area contributed by atoms with Crippen molar-refractivity contribution in [1.82, 2.24) is 5.43 Å². The lowest BCUT2D eigenvalue weighted by Gasteiger charge is -2.06. The summed E-state index contributed by atoms with van der Waals surface area (Å²) in [5.41, 5.74) is 1.87. The number of alkyl halides is 3. The van der Waals surface area contributed by atoms with E-state index in [1.165, 1.54) is 36.4 Å². The first kappa shape index (κ1) is 15.6. The van der Waals surface area contributed by atoms with Crippen molar-refractivity contribution >= 4 is 12.1 Å². The molecule has 2 aromatic rings. The Balaban J connectivity index is 2.03. The standard InChI is InChI=1S/C15H11F3N2O2/c16-15(17,18)12-3-1-2-10(8-12)9-19-20-14(22)11-4-6-13(21)7-5-11/h1-9,21H,(H,20,22)/b19-9+. The maximum absolute atomic E-state index is 12.5. The maximum Gasteiger partial charge on any atom is 0.416 e. The molecule has 0 fully saturated rings. The minimum absolute atomic E-state index is 0.0176. The van der Waals surface area contributed by atoms with Gasteiger partial charge in [0.25, 0.3) is 5.91 Å². The van der Waals surface area contributed by atoms with Crippen molar-refractivity contribution in [3.05, 3.63) is 65.2 Å². The number of phenolic OH excluding ortho intramolecular Hbond substituents is 1. The van der Waals surface area contributed by atoms with Crippen LogP contribution in [0, 0.1) is 0 Å². The number of halogens is 3. The van der Waals surface area contributed by atoms with Gasteiger partial charge in [0.1, 0.15) is 5.75 Å². The number of carbonyl (C=O) groups is 1. The van der Waals surface area contributed by atoms with Gasteiger partial charge in [-0.25, -0.2) is 5.43 Å². The van der Waals surface area contributed by atoms with E-state index in [9.17, 15) is 18.0 Å². The average Bonchev–Trinajstić information content (AvgIpc) is 2.47. The Morgan fingerprint density at radius 2 is 1.82 bits per heavy atom. The van der Waals surface area contributed by atoms with E-state index in [1.54, 1.807) is 0 Å². The van der Waals surface area contributed by atoms with Crippen LogP contribution in [-0.2, 0) is 6.18 Å². The van der Waals surface area contributed by atoms with Gasteiger partial charge in [0.15, 0.2) is 0 Å². The lowest BCUT2D eigenvalue weighted by Crippen LogP contribution is -2.17. The Morgan fingerprint density at radius 1 is 1.14 bits per heavy atom. The molecule has 0 unspecified atom stereocenters. The van der Waals surface area contributed by atoms with E-state index in [-0.39, 0.29) is 16.9 Å². The van der Waals surface area contributed by atoms with Crippen molar-refractivity contribution in [1.29, 1.82) is 0 Å². The minimum Gasteiger partial charge on any atom is -0.508 e. The lowest BCUT2D eigenvalue weighted by molar-refractivity contribution is -0.137. The molecule has 0 saturated heterocycles. The van der Waals surface area contributed by atoms with Gasteiger partial charge >= 0.3 is 6.18 Å². The van der Waals surface area contributed by atoms with Gasteiger partial charge in [-0.05, 0) is 42.0 Å². The van der Waals surface area contributed by atoms with Crippen LogP contribution in [0.1, 0.15) is 21.5 Å². The molecule has 0 aromatic heterocycles. The van der Waals surface area contributed by atoms with Crippen LogP contribution in [0.4, 0.5) is 13.2 Å². The van der Waals surface area contributed by atoms with Crippen LogP contribution >= 0.6 is 0 Å². The zero-order valence-corrected chi connectivity index (χ0v) is 11.1. The first-order chi connectivity index (χ1) is 10.4. The molecule has 1 amide bonds. The van der Waals surface area contributed by atoms with Crippen LogP contribution in [-0.4, -0.2) is 17.2 Å². The summed E-state index contributed by atoms with van der Waals surface area (Å²) < 4.78 is 37.6. The SMILES string of the molecule is O=C(N/N=C/c1cccc(C(F)(F)F)c1)c1ccc(O)cc1. The fourth-order valence-electron chi connectivity index (χ4n) is 1.64. The van der Waals surface area contributed by atoms with Crippen LogP contribution in [0.2, 0.25) is 0 Å². The Morgan fingerprint density at radius 3 is 2.45 bits per heavy atom. The summed E-state index contributed by atoms with van der Waals surface area (Å²) in [4.78, 5) is 11.7. The van der Waals surface area contributed by atoms with Crippen molar-refractivity contribution < 1.29 is 23.1 Å². The topological polar surface area (TPSA) is 61.7 Å². The third-order valence-electron chi connectivity index (χ3n) is 2.72. The van der Waals surface area contributed by atoms with E-state index in [0.717, 1.165) is 18.3 Å². The van der Waals surface area contributed by atoms with Gasteiger partial charge < -0.3 is 5.11 Å². The van der Waals surface area contributed by atoms with Crippen LogP contribution in [0.5, 0.6) is 5.75 Å². The highest BCUT2D eigenvalue weighted by molar-refractivity contribution is 5.94. The molecule has 22 heavy (non-hydrogen) atoms. The van der Waals surface area contributed by atoms with E-state index < -0.39 is 17.6 Å². The van der Waals surface area contributed by atoms with E-state index in [1.807, 2.05) is 0 Å². The first-order valence-electron chi connectivity index (χ1n) is 6.16. The Kier molecular flexibility index (Phi) is 4.45. The molecule has 0 saturated carbocycles. The quantitative estimate of drug-likeness (QED) is 0.676. The minimum atomic E-state index is -4.43. The smallest absolute Gasteiger partial charge is 0.416 e. The number of nitrogens with one attached hydrogen (secondary N) is 1. The number of carbonyl (C=O) groups excluding carboxylic acids is 1. The highest BCUT2D eigenvalue weighted by atomic mass is 19.4. The predicted octanol–water partition coefficient (Wildman–Crippen LogP) is 3.17. The van der Waals surface area contributed by atoms with Crippen molar-refractivity contribution in [3.63, 3.8) is 0 Å². The highest BCUT2D eigenvalue weighted by Crippen LogP contribution is 2.29. The van der Waals surface area contributed by atoms with Gasteiger partial charge in [-0.15, -0.1) is 0 Å². The zero-order chi connectivity index (χ0) is 16.2. The van der Waals surface area contributed by atoms with Crippen LogP contribution in [0.25, 0.3) is 0 Å². The molecule has 2 rings (SSSR count). The maximum atomic E-state index is 12.5. The molecular weight excluding hydrogens is 297 g/mol. The summed E-state index contributed by atoms with van der Waals surface area (Å²) in [6.07, 6.45) is -3.31. The fourth-order valence-corrected chi connectivity index (χ4v) is 1.64. The lowest BCUT2D eigenvalue weighted by atomic mass is 10.1. The predicted molar refractivity (Wildman–Crippen MR) is 74.6 cm³/mol. The first-order valence-corrected chi connectivity index (χ1v) is 6.16. The normalized spacial score (nSPS) is 11.6. The molecule has 0 aliphatic carbocycles. The molecule has 0 heterocycles. The van der Waals surface area contributed by atoms with Gasteiger partial charge in [0.2, 0.25) is 0 Å². The summed E-state index contributed by atoms with van der Waals surface area (Å²) in [6, 6.07) is 10.0. The number of aromatic hydroxyl groups is 1. The number of benzene rings is 2. The van der Waals surface area contributed by atoms with E-state index in [0.29, 0.717) is 0 Å². The molecule has 114 valence electrons. The van der Waals surface area contributed by atoms with Crippen molar-refractivity contribution in [2.75, 3.05) is 0 Å². The Hall–Kier alpha value is -2.83. The molecule has 2 aromatic carbocycles. The largest absolute Gasteiger partial charge is 0.508 e. The fraction of sp³-hybridized carbons (Fsp3) is 0.0667. The van der Waals surface area contributed by atoms with E-state index in [2.05, 4.69) is 10.5 Å². The number of hydrogen-bond acceptors (Lipinski definition) is 3. The van der Waals surface area contributed by atoms with Crippen molar-refractivity contribution in [2.24, 2.45) is 5.10 Å². The summed E-state index contributed by atoms with van der Waals surface area (Å²) in [6.45, 7) is 0. The third-order valence-corrected chi connectivity index (χ3v) is 2.72. The number of amides is 1. The molecule has 4 nitrogen and oxygen atoms in total. The van der Waals surface area contributed by atoms with Crippen LogP contribution in [0.3, 0.4) is 0 Å². The number of hydrogen-bond donors (Lipinski definition) is 2. The molecule has 0 aliphatic heterocycles. The summed E-state index contributed by atoms with van der Waals surface area (Å²) >= 11 is 0. The van der Waals surface area contributed by atoms with Gasteiger partial charge in [0.05, 0.1) is 11.8 Å². The second-order valence-corrected chi connectivity index (χ2v) is 4.37. The van der Waals surface area contributed by atoms with Gasteiger partial charge in [0, 0.05) is 5.56 Å². The molecular formula is C15H11F3N2O2. The molecule has 0 spiro atoms. The molecule has 0 atom stereocenters. The second kappa shape index (κ2) is 6.30. The van der Waals surface area contributed by atoms with Gasteiger partial charge in [-0.3, -0.25) is 4.79 Å². The van der Waals surface area contributed by atoms with E-state index in [4.69, 9.17) is 5.11 Å². The van der Waals surface area contributed by atoms with E-state index >= 15 is 0 Å². The second-order valence-electron chi connectivity index (χ2n) is 4.37. The Labute approximate surface area is 123 Å². The zero-order valence-electron chi connectivity index (χ0n) is 11.1. The highest BCUT2D eigenvalue weighted by Gasteiger charge is 2.30. The summed E-state index contributed by atoms with van der Waals surface area (Å²) in [5.74, 6) is -0.521. The van der Waals surface area contributed by atoms with Gasteiger partial charge in [-0.2, -0.15) is 18.3 Å². The monoisotopic (exact) mass is 308 g/mol. The molecule has 0 radical (unpaired) electrons. The number of phenols is 1. The number of hydrazone groups is 1. The summed E-state index contributed by atoms with van der Waals surface area (Å²) in [7, 11) is 0. The Bertz CT molecular complexity index is 695. The molecule has 0 aliphatic rings. The third kappa shape index (κ3) is 4.08. The molecule has 2 N–H and O–H groups in total. The molecule has 0 bridgehead atoms. The van der Waals surface area contributed by atoms with Crippen molar-refractivity contribution in [3.8, 4) is 5.75 Å². The molecule has 7 heteroatoms. The van der Waals surface area contributed by atoms with Crippen molar-refractivity contribution in [2.45, 2.75) is 6.18 Å².